The maximum absolute atomic E-state index is 12.2. The molecule has 90 valence electrons. The Kier molecular flexibility index (Phi) is 3.10. The minimum Gasteiger partial charge on any atom is -0.340 e. The van der Waals surface area contributed by atoms with E-state index in [2.05, 4.69) is 16.7 Å². The first-order valence-corrected chi connectivity index (χ1v) is 7.23. The summed E-state index contributed by atoms with van der Waals surface area (Å²) in [4.78, 5) is 14.3. The summed E-state index contributed by atoms with van der Waals surface area (Å²) in [5.74, 6) is 0.299. The standard InChI is InChI=1S/C14H17NOS/c16-14(8-11-4-2-1-3-5-11)15-9-12-6-7-13(10-15)17-12/h1-5,12-13H,6-10H2/t12-,13+. The van der Waals surface area contributed by atoms with Gasteiger partial charge in [0.25, 0.3) is 0 Å². The Morgan fingerprint density at radius 1 is 1.18 bits per heavy atom. The van der Waals surface area contributed by atoms with Gasteiger partial charge in [0, 0.05) is 23.6 Å². The fraction of sp³-hybridized carbons (Fsp3) is 0.500. The highest BCUT2D eigenvalue weighted by atomic mass is 32.2. The second-order valence-corrected chi connectivity index (χ2v) is 6.52. The Morgan fingerprint density at radius 3 is 2.47 bits per heavy atom. The first kappa shape index (κ1) is 11.1. The van der Waals surface area contributed by atoms with Gasteiger partial charge in [0.1, 0.15) is 0 Å². The molecule has 0 aliphatic carbocycles. The normalized spacial score (nSPS) is 27.2. The van der Waals surface area contributed by atoms with E-state index in [1.807, 2.05) is 30.3 Å². The minimum absolute atomic E-state index is 0.299. The second-order valence-electron chi connectivity index (χ2n) is 4.92. The molecule has 2 atom stereocenters. The minimum atomic E-state index is 0.299. The van der Waals surface area contributed by atoms with Crippen molar-refractivity contribution in [3.05, 3.63) is 35.9 Å². The molecule has 0 spiro atoms. The molecule has 2 fully saturated rings. The number of nitrogens with zero attached hydrogens (tertiary/aromatic N) is 1. The van der Waals surface area contributed by atoms with E-state index < -0.39 is 0 Å². The highest BCUT2D eigenvalue weighted by molar-refractivity contribution is 8.00. The van der Waals surface area contributed by atoms with Crippen LogP contribution >= 0.6 is 11.8 Å². The highest BCUT2D eigenvalue weighted by Gasteiger charge is 2.35. The molecule has 3 heteroatoms. The van der Waals surface area contributed by atoms with Crippen LogP contribution in [-0.2, 0) is 11.2 Å². The van der Waals surface area contributed by atoms with Gasteiger partial charge in [0.15, 0.2) is 0 Å². The number of hydrogen-bond acceptors (Lipinski definition) is 2. The SMILES string of the molecule is O=C(Cc1ccccc1)N1C[C@H]2CC[C@@H](C1)S2. The van der Waals surface area contributed by atoms with E-state index in [1.54, 1.807) is 0 Å². The molecule has 0 unspecified atom stereocenters. The van der Waals surface area contributed by atoms with Crippen LogP contribution in [0.15, 0.2) is 30.3 Å². The van der Waals surface area contributed by atoms with E-state index in [4.69, 9.17) is 0 Å². The zero-order chi connectivity index (χ0) is 11.7. The second kappa shape index (κ2) is 4.73. The Balaban J connectivity index is 1.63. The molecule has 0 radical (unpaired) electrons. The Morgan fingerprint density at radius 2 is 1.82 bits per heavy atom. The van der Waals surface area contributed by atoms with Crippen LogP contribution in [0.1, 0.15) is 18.4 Å². The fourth-order valence-corrected chi connectivity index (χ4v) is 4.32. The van der Waals surface area contributed by atoms with Crippen molar-refractivity contribution in [1.82, 2.24) is 4.90 Å². The van der Waals surface area contributed by atoms with Crippen molar-refractivity contribution in [1.29, 1.82) is 0 Å². The zero-order valence-electron chi connectivity index (χ0n) is 9.84. The zero-order valence-corrected chi connectivity index (χ0v) is 10.7. The first-order chi connectivity index (χ1) is 8.31. The molecular weight excluding hydrogens is 230 g/mol. The van der Waals surface area contributed by atoms with Crippen molar-refractivity contribution in [3.63, 3.8) is 0 Å². The predicted octanol–water partition coefficient (Wildman–Crippen LogP) is 2.34. The van der Waals surface area contributed by atoms with Crippen LogP contribution in [0, 0.1) is 0 Å². The summed E-state index contributed by atoms with van der Waals surface area (Å²) in [6.07, 6.45) is 3.15. The number of thioether (sulfide) groups is 1. The monoisotopic (exact) mass is 247 g/mol. The van der Waals surface area contributed by atoms with Crippen molar-refractivity contribution in [2.24, 2.45) is 0 Å². The van der Waals surface area contributed by atoms with E-state index in [0.717, 1.165) is 18.7 Å². The largest absolute Gasteiger partial charge is 0.340 e. The molecule has 2 aliphatic heterocycles. The molecule has 17 heavy (non-hydrogen) atoms. The summed E-state index contributed by atoms with van der Waals surface area (Å²) in [5, 5.41) is 1.40. The van der Waals surface area contributed by atoms with Crippen LogP contribution in [0.3, 0.4) is 0 Å². The smallest absolute Gasteiger partial charge is 0.227 e. The topological polar surface area (TPSA) is 20.3 Å². The van der Waals surface area contributed by atoms with Gasteiger partial charge in [0.2, 0.25) is 5.91 Å². The van der Waals surface area contributed by atoms with Gasteiger partial charge in [-0.15, -0.1) is 0 Å². The van der Waals surface area contributed by atoms with Crippen molar-refractivity contribution in [3.8, 4) is 0 Å². The predicted molar refractivity (Wildman–Crippen MR) is 71.1 cm³/mol. The number of hydrogen-bond donors (Lipinski definition) is 0. The molecular formula is C14H17NOS. The lowest BCUT2D eigenvalue weighted by molar-refractivity contribution is -0.130. The maximum atomic E-state index is 12.2. The lowest BCUT2D eigenvalue weighted by atomic mass is 10.1. The molecule has 1 amide bonds. The molecule has 0 N–H and O–H groups in total. The Hall–Kier alpha value is -0.960. The molecule has 2 saturated heterocycles. The van der Waals surface area contributed by atoms with Crippen LogP contribution in [0.5, 0.6) is 0 Å². The number of rotatable bonds is 2. The summed E-state index contributed by atoms with van der Waals surface area (Å²) in [6, 6.07) is 10.1. The van der Waals surface area contributed by atoms with Crippen LogP contribution in [0.25, 0.3) is 0 Å². The van der Waals surface area contributed by atoms with E-state index in [9.17, 15) is 4.79 Å². The maximum Gasteiger partial charge on any atom is 0.227 e. The van der Waals surface area contributed by atoms with Crippen LogP contribution < -0.4 is 0 Å². The van der Waals surface area contributed by atoms with Gasteiger partial charge >= 0.3 is 0 Å². The van der Waals surface area contributed by atoms with Gasteiger partial charge in [-0.25, -0.2) is 0 Å². The van der Waals surface area contributed by atoms with Gasteiger partial charge in [0.05, 0.1) is 6.42 Å². The van der Waals surface area contributed by atoms with Crippen molar-refractivity contribution in [2.75, 3.05) is 13.1 Å². The summed E-state index contributed by atoms with van der Waals surface area (Å²) < 4.78 is 0. The van der Waals surface area contributed by atoms with Crippen molar-refractivity contribution >= 4 is 17.7 Å². The van der Waals surface area contributed by atoms with E-state index >= 15 is 0 Å². The summed E-state index contributed by atoms with van der Waals surface area (Å²) in [6.45, 7) is 1.93. The quantitative estimate of drug-likeness (QED) is 0.799. The molecule has 2 aliphatic rings. The lowest BCUT2D eigenvalue weighted by Gasteiger charge is -2.31. The van der Waals surface area contributed by atoms with Crippen LogP contribution in [0.4, 0.5) is 0 Å². The van der Waals surface area contributed by atoms with Gasteiger partial charge in [-0.3, -0.25) is 4.79 Å². The molecule has 2 bridgehead atoms. The van der Waals surface area contributed by atoms with Crippen molar-refractivity contribution in [2.45, 2.75) is 29.8 Å². The van der Waals surface area contributed by atoms with Crippen LogP contribution in [-0.4, -0.2) is 34.4 Å². The number of benzene rings is 1. The third-order valence-corrected chi connectivity index (χ3v) is 5.13. The number of carbonyl (C=O) groups is 1. The Labute approximate surface area is 106 Å². The molecule has 3 rings (SSSR count). The lowest BCUT2D eigenvalue weighted by Crippen LogP contribution is -2.42. The van der Waals surface area contributed by atoms with Crippen molar-refractivity contribution < 1.29 is 4.79 Å². The molecule has 0 saturated carbocycles. The molecule has 1 aromatic carbocycles. The summed E-state index contributed by atoms with van der Waals surface area (Å²) >= 11 is 2.09. The summed E-state index contributed by atoms with van der Waals surface area (Å²) in [7, 11) is 0. The van der Waals surface area contributed by atoms with Gasteiger partial charge in [-0.2, -0.15) is 11.8 Å². The molecule has 0 aromatic heterocycles. The van der Waals surface area contributed by atoms with Crippen LogP contribution in [0.2, 0.25) is 0 Å². The van der Waals surface area contributed by atoms with Gasteiger partial charge in [-0.05, 0) is 18.4 Å². The van der Waals surface area contributed by atoms with E-state index in [-0.39, 0.29) is 0 Å². The average molecular weight is 247 g/mol. The number of carbonyl (C=O) groups excluding carboxylic acids is 1. The van der Waals surface area contributed by atoms with E-state index in [0.29, 0.717) is 22.8 Å². The van der Waals surface area contributed by atoms with Gasteiger partial charge in [-0.1, -0.05) is 30.3 Å². The third kappa shape index (κ3) is 2.49. The molecule has 1 aromatic rings. The highest BCUT2D eigenvalue weighted by Crippen LogP contribution is 2.38. The number of amides is 1. The molecule has 2 nitrogen and oxygen atoms in total. The number of likely N-dealkylation sites (tertiary alicyclic amines) is 1. The van der Waals surface area contributed by atoms with E-state index in [1.165, 1.54) is 12.8 Å². The van der Waals surface area contributed by atoms with Gasteiger partial charge < -0.3 is 4.90 Å². The fourth-order valence-electron chi connectivity index (χ4n) is 2.70. The number of fused-ring (bicyclic) bond motifs is 2. The molecule has 2 heterocycles. The summed E-state index contributed by atoms with van der Waals surface area (Å²) in [5.41, 5.74) is 1.13. The first-order valence-electron chi connectivity index (χ1n) is 6.28. The third-order valence-electron chi connectivity index (χ3n) is 3.59. The Bertz CT molecular complexity index is 394. The average Bonchev–Trinajstić information content (AvgIpc) is 2.69.